The second-order valence-electron chi connectivity index (χ2n) is 18.0. The molecule has 24 nitrogen and oxygen atoms in total. The third-order valence-corrected chi connectivity index (χ3v) is 11.6. The lowest BCUT2D eigenvalue weighted by Gasteiger charge is -2.32. The van der Waals surface area contributed by atoms with Gasteiger partial charge in [-0.05, 0) is 61.6 Å². The van der Waals surface area contributed by atoms with Gasteiger partial charge in [-0.3, -0.25) is 47.9 Å². The summed E-state index contributed by atoms with van der Waals surface area (Å²) in [5.74, 6) is -10.1. The number of nitrogens with two attached hydrogens (primary N) is 3. The van der Waals surface area contributed by atoms with Crippen molar-refractivity contribution in [3.63, 3.8) is 0 Å². The van der Waals surface area contributed by atoms with Gasteiger partial charge in [-0.2, -0.15) is 0 Å². The van der Waals surface area contributed by atoms with Gasteiger partial charge in [0.1, 0.15) is 54.3 Å². The van der Waals surface area contributed by atoms with Crippen molar-refractivity contribution in [2.24, 2.45) is 35.0 Å². The molecule has 1 aromatic rings. The molecule has 10 atom stereocenters. The SMILES string of the molecule is CC[C@H](C)[C@H](NC(=O)[C@@H]1CCCN1C(=O)[C@H](Cc1ccc(O)cc1)NC(=O)[C@H](CC(N)=O)NC(=O)[C@H](CCC(N)=O)NC(=O)[C@H](CO)NC(=O)[C@@H](N)C(C)C)C(=O)N[C@H](C(=O)N[C@@H](C)C=O)C(C)C. The number of aliphatic hydroxyl groups is 1. The van der Waals surface area contributed by atoms with Crippen LogP contribution in [0.25, 0.3) is 0 Å². The lowest BCUT2D eigenvalue weighted by atomic mass is 9.96. The highest BCUT2D eigenvalue weighted by Crippen LogP contribution is 2.22. The van der Waals surface area contributed by atoms with Crippen molar-refractivity contribution < 1.29 is 63.0 Å². The van der Waals surface area contributed by atoms with Gasteiger partial charge in [0.15, 0.2) is 0 Å². The quantitative estimate of drug-likeness (QED) is 0.0361. The van der Waals surface area contributed by atoms with Crippen LogP contribution in [0.3, 0.4) is 0 Å². The molecule has 15 N–H and O–H groups in total. The zero-order valence-corrected chi connectivity index (χ0v) is 40.2. The fraction of sp³-hybridized carbons (Fsp3) is 0.622. The van der Waals surface area contributed by atoms with Crippen LogP contribution in [0.5, 0.6) is 5.75 Å². The van der Waals surface area contributed by atoms with E-state index < -0.39 is 151 Å². The number of nitrogens with one attached hydrogen (secondary N) is 7. The van der Waals surface area contributed by atoms with Crippen molar-refractivity contribution in [2.45, 2.75) is 148 Å². The van der Waals surface area contributed by atoms with E-state index in [0.717, 1.165) is 0 Å². The van der Waals surface area contributed by atoms with E-state index in [4.69, 9.17) is 17.2 Å². The molecule has 0 unspecified atom stereocenters. The Morgan fingerprint density at radius 3 is 1.78 bits per heavy atom. The largest absolute Gasteiger partial charge is 0.508 e. The van der Waals surface area contributed by atoms with Crippen LogP contribution in [0.2, 0.25) is 0 Å². The van der Waals surface area contributed by atoms with Gasteiger partial charge in [-0.25, -0.2) is 0 Å². The molecule has 24 heteroatoms. The highest BCUT2D eigenvalue weighted by Gasteiger charge is 2.41. The Kier molecular flexibility index (Phi) is 23.7. The molecular weight excluding hydrogens is 903 g/mol. The number of aldehydes is 1. The van der Waals surface area contributed by atoms with Gasteiger partial charge in [0.25, 0.3) is 0 Å². The Hall–Kier alpha value is -6.69. The monoisotopic (exact) mass is 974 g/mol. The van der Waals surface area contributed by atoms with E-state index in [-0.39, 0.29) is 31.1 Å². The van der Waals surface area contributed by atoms with E-state index >= 15 is 0 Å². The van der Waals surface area contributed by atoms with E-state index in [1.54, 1.807) is 41.5 Å². The van der Waals surface area contributed by atoms with Gasteiger partial charge in [-0.15, -0.1) is 0 Å². The number of likely N-dealkylation sites (tertiary alicyclic amines) is 1. The standard InChI is InChI=1S/C45H71N11O13/c1-8-24(6)37(44(68)54-36(23(4)5)43(67)49-25(7)20-57)55-41(65)32-10-9-17-56(32)45(69)30(18-26-11-13-27(59)14-12-26)52-39(63)29(19-34(47)61)51-38(62)28(15-16-33(46)60)50-40(64)31(21-58)53-42(66)35(48)22(2)3/h11-14,20,22-25,28-32,35-37,58-59H,8-10,15-19,21,48H2,1-7H3,(H2,46,60)(H2,47,61)(H,49,67)(H,50,64)(H,51,62)(H,52,63)(H,53,66)(H,54,68)(H,55,65)/t24-,25-,28-,29-,30-,31-,32-,35-,36-,37-/m0/s1. The maximum atomic E-state index is 14.6. The number of carbonyl (C=O) groups is 11. The number of rotatable bonds is 28. The molecule has 0 spiro atoms. The first-order valence-corrected chi connectivity index (χ1v) is 22.9. The number of phenolic OH excluding ortho intramolecular Hbond substituents is 1. The van der Waals surface area contributed by atoms with Gasteiger partial charge in [0.2, 0.25) is 59.1 Å². The number of aromatic hydroxyl groups is 1. The van der Waals surface area contributed by atoms with Crippen molar-refractivity contribution in [3.8, 4) is 5.75 Å². The molecule has 1 fully saturated rings. The van der Waals surface area contributed by atoms with E-state index in [2.05, 4.69) is 37.2 Å². The number of carbonyl (C=O) groups excluding carboxylic acids is 11. The molecule has 0 aliphatic carbocycles. The summed E-state index contributed by atoms with van der Waals surface area (Å²) in [5, 5.41) is 37.3. The average molecular weight is 974 g/mol. The molecule has 384 valence electrons. The zero-order valence-electron chi connectivity index (χ0n) is 40.2. The summed E-state index contributed by atoms with van der Waals surface area (Å²) < 4.78 is 0. The van der Waals surface area contributed by atoms with Crippen molar-refractivity contribution in [2.75, 3.05) is 13.2 Å². The van der Waals surface area contributed by atoms with E-state index in [9.17, 15) is 63.0 Å². The lowest BCUT2D eigenvalue weighted by molar-refractivity contribution is -0.143. The summed E-state index contributed by atoms with van der Waals surface area (Å²) >= 11 is 0. The van der Waals surface area contributed by atoms with E-state index in [1.807, 2.05) is 0 Å². The molecule has 2 rings (SSSR count). The molecule has 1 aromatic carbocycles. The number of phenols is 1. The highest BCUT2D eigenvalue weighted by atomic mass is 16.3. The fourth-order valence-electron chi connectivity index (χ4n) is 7.20. The predicted molar refractivity (Wildman–Crippen MR) is 248 cm³/mol. The predicted octanol–water partition coefficient (Wildman–Crippen LogP) is -3.64. The van der Waals surface area contributed by atoms with Crippen molar-refractivity contribution >= 4 is 65.4 Å². The van der Waals surface area contributed by atoms with Crippen molar-refractivity contribution in [3.05, 3.63) is 29.8 Å². The third kappa shape index (κ3) is 18.4. The molecular formula is C45H71N11O13. The van der Waals surface area contributed by atoms with E-state index in [1.165, 1.54) is 36.1 Å². The zero-order chi connectivity index (χ0) is 52.3. The summed E-state index contributed by atoms with van der Waals surface area (Å²) in [6, 6.07) is -6.19. The van der Waals surface area contributed by atoms with Gasteiger partial charge >= 0.3 is 0 Å². The Morgan fingerprint density at radius 2 is 1.25 bits per heavy atom. The summed E-state index contributed by atoms with van der Waals surface area (Å²) in [6.07, 6.45) is -0.539. The number of hydrogen-bond donors (Lipinski definition) is 12. The normalized spacial score (nSPS) is 17.3. The minimum atomic E-state index is -1.80. The van der Waals surface area contributed by atoms with Crippen LogP contribution in [-0.2, 0) is 59.2 Å². The number of aliphatic hydroxyl groups excluding tert-OH is 1. The topological polar surface area (TPSA) is 394 Å². The van der Waals surface area contributed by atoms with E-state index in [0.29, 0.717) is 24.7 Å². The molecule has 1 heterocycles. The highest BCUT2D eigenvalue weighted by molar-refractivity contribution is 5.99. The second-order valence-corrected chi connectivity index (χ2v) is 18.0. The Labute approximate surface area is 401 Å². The number of amides is 10. The molecule has 1 aliphatic rings. The third-order valence-electron chi connectivity index (χ3n) is 11.6. The average Bonchev–Trinajstić information content (AvgIpc) is 3.79. The maximum absolute atomic E-state index is 14.6. The number of benzene rings is 1. The molecule has 0 bridgehead atoms. The lowest BCUT2D eigenvalue weighted by Crippen LogP contribution is -2.61. The van der Waals surface area contributed by atoms with Crippen LogP contribution in [0.4, 0.5) is 0 Å². The minimum Gasteiger partial charge on any atom is -0.508 e. The summed E-state index contributed by atoms with van der Waals surface area (Å²) in [7, 11) is 0. The fourth-order valence-corrected chi connectivity index (χ4v) is 7.20. The summed E-state index contributed by atoms with van der Waals surface area (Å²) in [6.45, 7) is 10.8. The first kappa shape index (κ1) is 58.4. The van der Waals surface area contributed by atoms with Gasteiger partial charge in [0.05, 0.1) is 25.1 Å². The second kappa shape index (κ2) is 28.0. The molecule has 69 heavy (non-hydrogen) atoms. The maximum Gasteiger partial charge on any atom is 0.246 e. The van der Waals surface area contributed by atoms with Crippen LogP contribution in [0.15, 0.2) is 24.3 Å². The van der Waals surface area contributed by atoms with Gasteiger partial charge < -0.3 is 74.3 Å². The van der Waals surface area contributed by atoms with Crippen LogP contribution >= 0.6 is 0 Å². The summed E-state index contributed by atoms with van der Waals surface area (Å²) in [4.78, 5) is 146. The van der Waals surface area contributed by atoms with Gasteiger partial charge in [-0.1, -0.05) is 60.1 Å². The smallest absolute Gasteiger partial charge is 0.246 e. The minimum absolute atomic E-state index is 0.0327. The molecule has 0 saturated carbocycles. The first-order chi connectivity index (χ1) is 32.3. The number of primary amides is 2. The van der Waals surface area contributed by atoms with Gasteiger partial charge in [0, 0.05) is 19.4 Å². The van der Waals surface area contributed by atoms with Crippen LogP contribution in [-0.4, -0.2) is 148 Å². The Morgan fingerprint density at radius 1 is 0.696 bits per heavy atom. The van der Waals surface area contributed by atoms with Crippen molar-refractivity contribution in [1.82, 2.24) is 42.1 Å². The number of nitrogens with zero attached hydrogens (tertiary/aromatic N) is 1. The van der Waals surface area contributed by atoms with Crippen LogP contribution in [0.1, 0.15) is 92.6 Å². The summed E-state index contributed by atoms with van der Waals surface area (Å²) in [5.41, 5.74) is 17.1. The van der Waals surface area contributed by atoms with Crippen molar-refractivity contribution in [1.29, 1.82) is 0 Å². The Bertz CT molecular complexity index is 2000. The molecule has 10 amide bonds. The molecule has 1 saturated heterocycles. The molecule has 0 radical (unpaired) electrons. The first-order valence-electron chi connectivity index (χ1n) is 22.9. The molecule has 0 aromatic heterocycles. The number of hydrogen-bond acceptors (Lipinski definition) is 14. The van der Waals surface area contributed by atoms with Crippen LogP contribution < -0.4 is 54.4 Å². The molecule has 1 aliphatic heterocycles. The van der Waals surface area contributed by atoms with Crippen LogP contribution in [0, 0.1) is 17.8 Å². The Balaban J connectivity index is 2.46.